The molecule has 1 rings (SSSR count). The van der Waals surface area contributed by atoms with Crippen molar-refractivity contribution in [3.63, 3.8) is 0 Å². The molecule has 2 N–H and O–H groups in total. The molecule has 0 aliphatic heterocycles. The summed E-state index contributed by atoms with van der Waals surface area (Å²) in [5.74, 6) is 0.723. The molecule has 1 aromatic heterocycles. The molecule has 5 heteroatoms. The van der Waals surface area contributed by atoms with Crippen molar-refractivity contribution >= 4 is 27.3 Å². The van der Waals surface area contributed by atoms with Gasteiger partial charge < -0.3 is 15.2 Å². The molecule has 0 aliphatic carbocycles. The Morgan fingerprint density at radius 1 is 1.42 bits per heavy atom. The summed E-state index contributed by atoms with van der Waals surface area (Å²) >= 11 is 5.14. The Bertz CT molecular complexity index is 344. The van der Waals surface area contributed by atoms with Crippen LogP contribution in [0.5, 0.6) is 0 Å². The Labute approximate surface area is 128 Å². The highest BCUT2D eigenvalue weighted by Crippen LogP contribution is 2.21. The highest BCUT2D eigenvalue weighted by Gasteiger charge is 2.04. The number of ether oxygens (including phenoxy) is 1. The number of aliphatic hydroxyl groups is 1. The van der Waals surface area contributed by atoms with Crippen LogP contribution >= 0.6 is 27.3 Å². The van der Waals surface area contributed by atoms with Crippen LogP contribution in [-0.4, -0.2) is 31.0 Å². The number of halogens is 1. The molecule has 0 spiro atoms. The molecule has 0 aromatic carbocycles. The van der Waals surface area contributed by atoms with E-state index in [1.807, 2.05) is 6.07 Å². The topological polar surface area (TPSA) is 41.5 Å². The zero-order valence-corrected chi connectivity index (χ0v) is 14.1. The highest BCUT2D eigenvalue weighted by molar-refractivity contribution is 9.11. The Balaban J connectivity index is 1.97. The molecule has 0 amide bonds. The van der Waals surface area contributed by atoms with Gasteiger partial charge in [-0.25, -0.2) is 0 Å². The van der Waals surface area contributed by atoms with E-state index in [1.165, 1.54) is 11.3 Å². The fourth-order valence-corrected chi connectivity index (χ4v) is 3.13. The molecule has 0 bridgehead atoms. The third-order valence-electron chi connectivity index (χ3n) is 2.69. The average Bonchev–Trinajstić information content (AvgIpc) is 2.74. The lowest BCUT2D eigenvalue weighted by Crippen LogP contribution is -2.30. The van der Waals surface area contributed by atoms with E-state index < -0.39 is 6.10 Å². The number of hydrogen-bond donors (Lipinski definition) is 2. The van der Waals surface area contributed by atoms with Crippen LogP contribution in [0.2, 0.25) is 0 Å². The third kappa shape index (κ3) is 8.76. The van der Waals surface area contributed by atoms with E-state index in [9.17, 15) is 5.11 Å². The summed E-state index contributed by atoms with van der Waals surface area (Å²) in [5, 5.41) is 13.0. The quantitative estimate of drug-likeness (QED) is 0.636. The minimum Gasteiger partial charge on any atom is -0.389 e. The molecule has 0 radical (unpaired) electrons. The minimum atomic E-state index is -0.428. The van der Waals surface area contributed by atoms with E-state index in [0.29, 0.717) is 13.2 Å². The van der Waals surface area contributed by atoms with Gasteiger partial charge in [-0.2, -0.15) is 0 Å². The summed E-state index contributed by atoms with van der Waals surface area (Å²) in [4.78, 5) is 1.26. The highest BCUT2D eigenvalue weighted by atomic mass is 79.9. The first-order valence-electron chi connectivity index (χ1n) is 6.78. The molecule has 0 saturated heterocycles. The van der Waals surface area contributed by atoms with Gasteiger partial charge >= 0.3 is 0 Å². The van der Waals surface area contributed by atoms with Gasteiger partial charge in [0.25, 0.3) is 0 Å². The van der Waals surface area contributed by atoms with Crippen molar-refractivity contribution in [1.29, 1.82) is 0 Å². The number of rotatable bonds is 10. The molecule has 19 heavy (non-hydrogen) atoms. The third-order valence-corrected chi connectivity index (χ3v) is 4.31. The van der Waals surface area contributed by atoms with Gasteiger partial charge in [0, 0.05) is 24.6 Å². The van der Waals surface area contributed by atoms with Crippen molar-refractivity contribution in [2.45, 2.75) is 39.3 Å². The van der Waals surface area contributed by atoms with Gasteiger partial charge in [-0.1, -0.05) is 13.8 Å². The molecule has 3 nitrogen and oxygen atoms in total. The van der Waals surface area contributed by atoms with Crippen molar-refractivity contribution in [1.82, 2.24) is 5.32 Å². The second-order valence-electron chi connectivity index (χ2n) is 5.10. The standard InChI is InChI=1S/C14H24BrNO2S/c1-11(2)4-3-7-18-10-12(17)8-16-9-13-5-6-14(15)19-13/h5-6,11-12,16-17H,3-4,7-10H2,1-2H3. The molecule has 0 aliphatic rings. The van der Waals surface area contributed by atoms with E-state index in [-0.39, 0.29) is 0 Å². The molecular weight excluding hydrogens is 326 g/mol. The van der Waals surface area contributed by atoms with Crippen LogP contribution in [0, 0.1) is 5.92 Å². The molecule has 0 fully saturated rings. The molecule has 1 atom stereocenters. The predicted molar refractivity (Wildman–Crippen MR) is 84.6 cm³/mol. The molecular formula is C14H24BrNO2S. The summed E-state index contributed by atoms with van der Waals surface area (Å²) in [6.07, 6.45) is 1.82. The number of hydrogen-bond acceptors (Lipinski definition) is 4. The van der Waals surface area contributed by atoms with Gasteiger partial charge in [0.05, 0.1) is 16.5 Å². The molecule has 1 heterocycles. The SMILES string of the molecule is CC(C)CCCOCC(O)CNCc1ccc(Br)s1. The normalized spacial score (nSPS) is 13.1. The lowest BCUT2D eigenvalue weighted by Gasteiger charge is -2.12. The lowest BCUT2D eigenvalue weighted by atomic mass is 10.1. The van der Waals surface area contributed by atoms with E-state index in [0.717, 1.165) is 29.3 Å². The maximum Gasteiger partial charge on any atom is 0.0897 e. The van der Waals surface area contributed by atoms with Crippen LogP contribution in [0.1, 0.15) is 31.6 Å². The van der Waals surface area contributed by atoms with Crippen molar-refractivity contribution in [3.05, 3.63) is 20.8 Å². The predicted octanol–water partition coefficient (Wildman–Crippen LogP) is 3.41. The van der Waals surface area contributed by atoms with Gasteiger partial charge in [-0.05, 0) is 46.8 Å². The first-order chi connectivity index (χ1) is 9.08. The summed E-state index contributed by atoms with van der Waals surface area (Å²) in [6, 6.07) is 4.12. The first kappa shape index (κ1) is 17.1. The van der Waals surface area contributed by atoms with Crippen molar-refractivity contribution < 1.29 is 9.84 Å². The number of aliphatic hydroxyl groups excluding tert-OH is 1. The maximum atomic E-state index is 9.75. The molecule has 0 saturated carbocycles. The Morgan fingerprint density at radius 2 is 2.21 bits per heavy atom. The van der Waals surface area contributed by atoms with Crippen LogP contribution in [0.15, 0.2) is 15.9 Å². The fourth-order valence-electron chi connectivity index (χ4n) is 1.68. The smallest absolute Gasteiger partial charge is 0.0897 e. The molecule has 1 aromatic rings. The molecule has 1 unspecified atom stereocenters. The van der Waals surface area contributed by atoms with Crippen LogP contribution in [0.4, 0.5) is 0 Å². The Morgan fingerprint density at radius 3 is 2.84 bits per heavy atom. The van der Waals surface area contributed by atoms with E-state index in [2.05, 4.69) is 41.2 Å². The zero-order chi connectivity index (χ0) is 14.1. The van der Waals surface area contributed by atoms with Crippen molar-refractivity contribution in [2.24, 2.45) is 5.92 Å². The van der Waals surface area contributed by atoms with Crippen molar-refractivity contribution in [3.8, 4) is 0 Å². The fraction of sp³-hybridized carbons (Fsp3) is 0.714. The van der Waals surface area contributed by atoms with Gasteiger partial charge in [-0.3, -0.25) is 0 Å². The summed E-state index contributed by atoms with van der Waals surface area (Å²) in [6.45, 7) is 6.94. The van der Waals surface area contributed by atoms with Crippen LogP contribution < -0.4 is 5.32 Å². The number of thiophene rings is 1. The first-order valence-corrected chi connectivity index (χ1v) is 8.39. The lowest BCUT2D eigenvalue weighted by molar-refractivity contribution is 0.0347. The van der Waals surface area contributed by atoms with Gasteiger partial charge in [0.2, 0.25) is 0 Å². The minimum absolute atomic E-state index is 0.416. The van der Waals surface area contributed by atoms with Crippen molar-refractivity contribution in [2.75, 3.05) is 19.8 Å². The monoisotopic (exact) mass is 349 g/mol. The van der Waals surface area contributed by atoms with E-state index >= 15 is 0 Å². The second-order valence-corrected chi connectivity index (χ2v) is 7.65. The average molecular weight is 350 g/mol. The second kappa shape index (κ2) is 9.88. The number of nitrogens with one attached hydrogen (secondary N) is 1. The van der Waals surface area contributed by atoms with Gasteiger partial charge in [-0.15, -0.1) is 11.3 Å². The Kier molecular flexibility index (Phi) is 8.90. The van der Waals surface area contributed by atoms with Crippen LogP contribution in [-0.2, 0) is 11.3 Å². The maximum absolute atomic E-state index is 9.75. The van der Waals surface area contributed by atoms with Gasteiger partial charge in [0.1, 0.15) is 0 Å². The largest absolute Gasteiger partial charge is 0.389 e. The summed E-state index contributed by atoms with van der Waals surface area (Å²) in [5.41, 5.74) is 0. The summed E-state index contributed by atoms with van der Waals surface area (Å²) < 4.78 is 6.60. The summed E-state index contributed by atoms with van der Waals surface area (Å²) in [7, 11) is 0. The van der Waals surface area contributed by atoms with Crippen LogP contribution in [0.25, 0.3) is 0 Å². The Hall–Kier alpha value is 0.0600. The molecule has 110 valence electrons. The van der Waals surface area contributed by atoms with Crippen LogP contribution in [0.3, 0.4) is 0 Å². The van der Waals surface area contributed by atoms with Gasteiger partial charge in [0.15, 0.2) is 0 Å². The zero-order valence-electron chi connectivity index (χ0n) is 11.7. The van der Waals surface area contributed by atoms with E-state index in [4.69, 9.17) is 4.74 Å². The van der Waals surface area contributed by atoms with E-state index in [1.54, 1.807) is 11.3 Å².